The Morgan fingerprint density at radius 3 is 2.50 bits per heavy atom. The molecule has 0 unspecified atom stereocenters. The number of carbonyl (C=O) groups is 3. The van der Waals surface area contributed by atoms with Gasteiger partial charge in [0.15, 0.2) is 5.69 Å². The van der Waals surface area contributed by atoms with E-state index in [4.69, 9.17) is 4.74 Å². The molecule has 4 rings (SSSR count). The Bertz CT molecular complexity index is 1030. The van der Waals surface area contributed by atoms with Crippen molar-refractivity contribution in [3.63, 3.8) is 0 Å². The zero-order valence-corrected chi connectivity index (χ0v) is 20.0. The largest absolute Gasteiger partial charge is 0.466 e. The fraction of sp³-hybridized carbons (Fsp3) is 0.520. The summed E-state index contributed by atoms with van der Waals surface area (Å²) in [4.78, 5) is 42.2. The number of benzene rings is 1. The molecule has 1 atom stereocenters. The lowest BCUT2D eigenvalue weighted by Gasteiger charge is -2.30. The van der Waals surface area contributed by atoms with Crippen molar-refractivity contribution in [2.75, 3.05) is 26.2 Å². The van der Waals surface area contributed by atoms with Crippen molar-refractivity contribution in [2.45, 2.75) is 51.6 Å². The fourth-order valence-corrected chi connectivity index (χ4v) is 4.75. The summed E-state index contributed by atoms with van der Waals surface area (Å²) < 4.78 is 6.89. The van der Waals surface area contributed by atoms with Crippen LogP contribution in [0.25, 0.3) is 0 Å². The van der Waals surface area contributed by atoms with E-state index >= 15 is 0 Å². The van der Waals surface area contributed by atoms with Crippen LogP contribution in [0.1, 0.15) is 66.0 Å². The predicted octanol–water partition coefficient (Wildman–Crippen LogP) is 2.81. The summed E-state index contributed by atoms with van der Waals surface area (Å²) in [5, 5.41) is 7.54. The highest BCUT2D eigenvalue weighted by atomic mass is 16.5. The molecule has 2 aliphatic rings. The first-order valence-corrected chi connectivity index (χ1v) is 12.1. The molecule has 0 bridgehead atoms. The Kier molecular flexibility index (Phi) is 7.49. The highest BCUT2D eigenvalue weighted by molar-refractivity contribution is 5.94. The molecule has 2 aliphatic heterocycles. The van der Waals surface area contributed by atoms with E-state index in [1.165, 1.54) is 0 Å². The third-order valence-electron chi connectivity index (χ3n) is 6.55. The number of nitrogens with zero attached hydrogens (tertiary/aromatic N) is 4. The molecule has 182 valence electrons. The zero-order chi connectivity index (χ0) is 24.1. The molecular formula is C25H33N5O4. The van der Waals surface area contributed by atoms with Gasteiger partial charge in [-0.2, -0.15) is 5.10 Å². The average Bonchev–Trinajstić information content (AvgIpc) is 3.20. The molecular weight excluding hydrogens is 434 g/mol. The van der Waals surface area contributed by atoms with Gasteiger partial charge < -0.3 is 19.9 Å². The van der Waals surface area contributed by atoms with Crippen molar-refractivity contribution >= 4 is 17.9 Å². The molecule has 0 spiro atoms. The number of esters is 1. The van der Waals surface area contributed by atoms with Crippen LogP contribution in [0.2, 0.25) is 0 Å². The van der Waals surface area contributed by atoms with Gasteiger partial charge in [0, 0.05) is 44.4 Å². The number of piperidine rings is 1. The summed E-state index contributed by atoms with van der Waals surface area (Å²) >= 11 is 0. The number of hydrogen-bond donors (Lipinski definition) is 1. The molecule has 0 aliphatic carbocycles. The molecule has 0 radical (unpaired) electrons. The first-order chi connectivity index (χ1) is 16.5. The first-order valence-electron chi connectivity index (χ1n) is 12.1. The van der Waals surface area contributed by atoms with Crippen LogP contribution in [0.3, 0.4) is 0 Å². The van der Waals surface area contributed by atoms with Gasteiger partial charge in [-0.15, -0.1) is 0 Å². The van der Waals surface area contributed by atoms with Crippen molar-refractivity contribution in [2.24, 2.45) is 7.05 Å². The number of carbonyl (C=O) groups excluding carboxylic acids is 3. The van der Waals surface area contributed by atoms with Crippen molar-refractivity contribution in [3.05, 3.63) is 52.8 Å². The van der Waals surface area contributed by atoms with Crippen molar-refractivity contribution in [1.82, 2.24) is 24.9 Å². The van der Waals surface area contributed by atoms with Crippen LogP contribution < -0.4 is 5.32 Å². The van der Waals surface area contributed by atoms with Crippen molar-refractivity contribution in [3.8, 4) is 0 Å². The summed E-state index contributed by atoms with van der Waals surface area (Å²) in [7, 11) is 1.85. The number of nitrogens with one attached hydrogen (secondary N) is 1. The highest BCUT2D eigenvalue weighted by Crippen LogP contribution is 2.25. The van der Waals surface area contributed by atoms with Crippen molar-refractivity contribution < 1.29 is 19.1 Å². The van der Waals surface area contributed by atoms with Crippen LogP contribution in [0, 0.1) is 0 Å². The van der Waals surface area contributed by atoms with Crippen LogP contribution >= 0.6 is 0 Å². The van der Waals surface area contributed by atoms with E-state index in [1.54, 1.807) is 16.5 Å². The normalized spacial score (nSPS) is 16.5. The van der Waals surface area contributed by atoms with E-state index in [1.807, 2.05) is 42.3 Å². The number of rotatable bonds is 6. The van der Waals surface area contributed by atoms with Gasteiger partial charge in [-0.05, 0) is 31.7 Å². The smallest absolute Gasteiger partial charge is 0.318 e. The van der Waals surface area contributed by atoms with E-state index in [2.05, 4.69) is 10.4 Å². The van der Waals surface area contributed by atoms with Gasteiger partial charge in [-0.25, -0.2) is 4.79 Å². The number of hydrogen-bond acceptors (Lipinski definition) is 5. The number of aryl methyl sites for hydroxylation is 1. The second-order valence-electron chi connectivity index (χ2n) is 8.84. The Hall–Kier alpha value is -3.36. The zero-order valence-electron chi connectivity index (χ0n) is 20.0. The molecule has 1 N–H and O–H groups in total. The third kappa shape index (κ3) is 5.24. The molecule has 2 aromatic rings. The van der Waals surface area contributed by atoms with E-state index in [0.717, 1.165) is 49.2 Å². The van der Waals surface area contributed by atoms with Crippen LogP contribution in [0.4, 0.5) is 4.79 Å². The number of amides is 3. The molecule has 1 aromatic heterocycles. The molecule has 9 heteroatoms. The van der Waals surface area contributed by atoms with Gasteiger partial charge in [-0.1, -0.05) is 30.3 Å². The molecule has 9 nitrogen and oxygen atoms in total. The molecule has 1 saturated heterocycles. The number of fused-ring (bicyclic) bond motifs is 1. The third-order valence-corrected chi connectivity index (χ3v) is 6.55. The van der Waals surface area contributed by atoms with E-state index < -0.39 is 6.04 Å². The number of ether oxygens (including phenoxy) is 1. The predicted molar refractivity (Wildman–Crippen MR) is 126 cm³/mol. The molecule has 1 fully saturated rings. The average molecular weight is 468 g/mol. The maximum Gasteiger partial charge on any atom is 0.318 e. The maximum atomic E-state index is 13.3. The lowest BCUT2D eigenvalue weighted by Crippen LogP contribution is -2.45. The summed E-state index contributed by atoms with van der Waals surface area (Å²) in [6.45, 7) is 4.37. The Labute approximate surface area is 200 Å². The Balaban J connectivity index is 1.50. The number of aromatic nitrogens is 2. The minimum atomic E-state index is -0.502. The van der Waals surface area contributed by atoms with E-state index in [9.17, 15) is 14.4 Å². The SMILES string of the molecule is CCOC(=O)C[C@@H](NC(=O)N1CCc2c(c(C(=O)N3CCCCC3)nn2C)C1)c1ccccc1. The Morgan fingerprint density at radius 1 is 1.06 bits per heavy atom. The van der Waals surface area contributed by atoms with Crippen molar-refractivity contribution in [1.29, 1.82) is 0 Å². The summed E-state index contributed by atoms with van der Waals surface area (Å²) in [5.74, 6) is -0.414. The quantitative estimate of drug-likeness (QED) is 0.659. The number of likely N-dealkylation sites (tertiary alicyclic amines) is 1. The molecule has 3 heterocycles. The minimum absolute atomic E-state index is 0.0499. The van der Waals surface area contributed by atoms with Crippen LogP contribution in [0.5, 0.6) is 0 Å². The van der Waals surface area contributed by atoms with Gasteiger partial charge >= 0.3 is 12.0 Å². The molecule has 0 saturated carbocycles. The highest BCUT2D eigenvalue weighted by Gasteiger charge is 2.32. The fourth-order valence-electron chi connectivity index (χ4n) is 4.75. The monoisotopic (exact) mass is 467 g/mol. The summed E-state index contributed by atoms with van der Waals surface area (Å²) in [6, 6.07) is 8.63. The maximum absolute atomic E-state index is 13.3. The summed E-state index contributed by atoms with van der Waals surface area (Å²) in [6.07, 6.45) is 3.83. The van der Waals surface area contributed by atoms with E-state index in [-0.39, 0.29) is 30.9 Å². The lowest BCUT2D eigenvalue weighted by molar-refractivity contribution is -0.143. The van der Waals surface area contributed by atoms with Crippen LogP contribution in [-0.4, -0.2) is 63.7 Å². The van der Waals surface area contributed by atoms with Gasteiger partial charge in [-0.3, -0.25) is 14.3 Å². The van der Waals surface area contributed by atoms with Gasteiger partial charge in [0.25, 0.3) is 5.91 Å². The lowest BCUT2D eigenvalue weighted by atomic mass is 10.0. The molecule has 34 heavy (non-hydrogen) atoms. The second-order valence-corrected chi connectivity index (χ2v) is 8.84. The molecule has 3 amide bonds. The van der Waals surface area contributed by atoms with Gasteiger partial charge in [0.2, 0.25) is 0 Å². The van der Waals surface area contributed by atoms with E-state index in [0.29, 0.717) is 25.2 Å². The van der Waals surface area contributed by atoms with Crippen LogP contribution in [0.15, 0.2) is 30.3 Å². The summed E-state index contributed by atoms with van der Waals surface area (Å²) in [5.41, 5.74) is 3.10. The standard InChI is InChI=1S/C25H33N5O4/c1-3-34-22(31)16-20(18-10-6-4-7-11-18)26-25(33)30-15-12-21-19(17-30)23(27-28(21)2)24(32)29-13-8-5-9-14-29/h4,6-7,10-11,20H,3,5,8-9,12-17H2,1-2H3,(H,26,33)/t20-/m1/s1. The van der Waals surface area contributed by atoms with Gasteiger partial charge in [0.05, 0.1) is 25.6 Å². The molecule has 1 aromatic carbocycles. The van der Waals surface area contributed by atoms with Crippen LogP contribution in [-0.2, 0) is 29.5 Å². The topological polar surface area (TPSA) is 96.8 Å². The number of urea groups is 1. The second kappa shape index (κ2) is 10.7. The first kappa shape index (κ1) is 23.8. The Morgan fingerprint density at radius 2 is 1.79 bits per heavy atom. The minimum Gasteiger partial charge on any atom is -0.466 e. The van der Waals surface area contributed by atoms with Gasteiger partial charge in [0.1, 0.15) is 0 Å².